The van der Waals surface area contributed by atoms with Crippen LogP contribution in [-0.4, -0.2) is 33.1 Å². The Morgan fingerprint density at radius 3 is 2.39 bits per heavy atom. The Kier molecular flexibility index (Phi) is 7.14. The van der Waals surface area contributed by atoms with E-state index >= 15 is 0 Å². The number of benzene rings is 2. The number of hydrogen-bond donors (Lipinski definition) is 1. The molecule has 1 aliphatic heterocycles. The van der Waals surface area contributed by atoms with Gasteiger partial charge in [0.15, 0.2) is 0 Å². The van der Waals surface area contributed by atoms with E-state index < -0.39 is 0 Å². The molecule has 6 nitrogen and oxygen atoms in total. The summed E-state index contributed by atoms with van der Waals surface area (Å²) in [6.07, 6.45) is 4.86. The lowest BCUT2D eigenvalue weighted by atomic mass is 9.72. The molecule has 4 aromatic rings. The highest BCUT2D eigenvalue weighted by atomic mass is 16.5. The van der Waals surface area contributed by atoms with Crippen LogP contribution in [0.5, 0.6) is 5.75 Å². The van der Waals surface area contributed by atoms with Crippen LogP contribution >= 0.6 is 0 Å². The molecule has 0 bridgehead atoms. The largest absolute Gasteiger partial charge is 0.487 e. The average Bonchev–Trinajstić information content (AvgIpc) is 3.57. The molecule has 0 spiro atoms. The van der Waals surface area contributed by atoms with Crippen LogP contribution in [-0.2, 0) is 13.2 Å². The molecule has 0 saturated carbocycles. The standard InChI is InChI=1S/C30H35N5O/c1-30(2,3)29(25-11-13-27(14-12-25)36-21-26-6-4-5-16-32-26)24-9-7-23(8-10-24)28-19-33-35(34-28)20-22-15-17-31-18-22/h4-14,16,19,22,29,31H,15,17-18,20-21H2,1-3H3/t22-,29?/m1/s1. The first-order chi connectivity index (χ1) is 17.5. The second-order valence-corrected chi connectivity index (χ2v) is 10.7. The van der Waals surface area contributed by atoms with E-state index in [-0.39, 0.29) is 11.3 Å². The van der Waals surface area contributed by atoms with E-state index in [2.05, 4.69) is 84.7 Å². The second-order valence-electron chi connectivity index (χ2n) is 10.7. The van der Waals surface area contributed by atoms with E-state index in [0.29, 0.717) is 12.5 Å². The van der Waals surface area contributed by atoms with E-state index in [1.807, 2.05) is 29.2 Å². The summed E-state index contributed by atoms with van der Waals surface area (Å²) in [5.41, 5.74) is 5.56. The van der Waals surface area contributed by atoms with Crippen LogP contribution in [0.2, 0.25) is 0 Å². The van der Waals surface area contributed by atoms with E-state index in [0.717, 1.165) is 42.3 Å². The van der Waals surface area contributed by atoms with Gasteiger partial charge in [-0.3, -0.25) is 4.98 Å². The van der Waals surface area contributed by atoms with Gasteiger partial charge in [0.25, 0.3) is 0 Å². The first-order valence-corrected chi connectivity index (χ1v) is 12.8. The summed E-state index contributed by atoms with van der Waals surface area (Å²) in [6, 6.07) is 23.2. The predicted molar refractivity (Wildman–Crippen MR) is 143 cm³/mol. The maximum atomic E-state index is 5.95. The molecule has 0 radical (unpaired) electrons. The lowest BCUT2D eigenvalue weighted by molar-refractivity contribution is 0.301. The van der Waals surface area contributed by atoms with Gasteiger partial charge in [-0.05, 0) is 66.2 Å². The molecule has 6 heteroatoms. The number of aromatic nitrogens is 4. The molecule has 1 saturated heterocycles. The topological polar surface area (TPSA) is 64.9 Å². The minimum Gasteiger partial charge on any atom is -0.487 e. The molecule has 0 aliphatic carbocycles. The van der Waals surface area contributed by atoms with Gasteiger partial charge in [-0.1, -0.05) is 63.2 Å². The van der Waals surface area contributed by atoms with Crippen molar-refractivity contribution >= 4 is 0 Å². The zero-order chi connectivity index (χ0) is 25.0. The van der Waals surface area contributed by atoms with Crippen LogP contribution in [0.3, 0.4) is 0 Å². The minimum atomic E-state index is 0.0519. The van der Waals surface area contributed by atoms with Crippen LogP contribution in [0.15, 0.2) is 79.1 Å². The highest BCUT2D eigenvalue weighted by molar-refractivity contribution is 5.58. The number of pyridine rings is 1. The smallest absolute Gasteiger partial charge is 0.130 e. The number of nitrogens with zero attached hydrogens (tertiary/aromatic N) is 4. The third-order valence-corrected chi connectivity index (χ3v) is 6.85. The molecule has 1 fully saturated rings. The molecular formula is C30H35N5O. The van der Waals surface area contributed by atoms with Gasteiger partial charge in [0.05, 0.1) is 18.4 Å². The fourth-order valence-corrected chi connectivity index (χ4v) is 5.05. The summed E-state index contributed by atoms with van der Waals surface area (Å²) in [4.78, 5) is 6.17. The molecule has 5 rings (SSSR count). The Morgan fingerprint density at radius 2 is 1.75 bits per heavy atom. The van der Waals surface area contributed by atoms with Crippen molar-refractivity contribution in [3.8, 4) is 17.0 Å². The third-order valence-electron chi connectivity index (χ3n) is 6.85. The van der Waals surface area contributed by atoms with Crippen LogP contribution < -0.4 is 10.1 Å². The lowest BCUT2D eigenvalue weighted by Gasteiger charge is -2.32. The molecule has 2 aromatic carbocycles. The average molecular weight is 482 g/mol. The number of nitrogens with one attached hydrogen (secondary N) is 1. The highest BCUT2D eigenvalue weighted by Crippen LogP contribution is 2.41. The predicted octanol–water partition coefficient (Wildman–Crippen LogP) is 5.71. The van der Waals surface area contributed by atoms with Gasteiger partial charge in [-0.15, -0.1) is 0 Å². The van der Waals surface area contributed by atoms with Crippen molar-refractivity contribution in [3.63, 3.8) is 0 Å². The van der Waals surface area contributed by atoms with Crippen molar-refractivity contribution in [3.05, 3.63) is 95.9 Å². The first kappa shape index (κ1) is 24.2. The monoisotopic (exact) mass is 481 g/mol. The molecule has 186 valence electrons. The Labute approximate surface area is 213 Å². The van der Waals surface area contributed by atoms with Gasteiger partial charge >= 0.3 is 0 Å². The molecule has 36 heavy (non-hydrogen) atoms. The van der Waals surface area contributed by atoms with Crippen molar-refractivity contribution < 1.29 is 4.74 Å². The molecule has 2 atom stereocenters. The van der Waals surface area contributed by atoms with Crippen LogP contribution in [0.25, 0.3) is 11.3 Å². The zero-order valence-electron chi connectivity index (χ0n) is 21.4. The molecule has 2 aromatic heterocycles. The summed E-state index contributed by atoms with van der Waals surface area (Å²) in [6.45, 7) is 10.4. The lowest BCUT2D eigenvalue weighted by Crippen LogP contribution is -2.19. The van der Waals surface area contributed by atoms with Gasteiger partial charge in [-0.2, -0.15) is 15.0 Å². The van der Waals surface area contributed by atoms with Crippen molar-refractivity contribution in [1.29, 1.82) is 0 Å². The number of ether oxygens (including phenoxy) is 1. The highest BCUT2D eigenvalue weighted by Gasteiger charge is 2.28. The Balaban J connectivity index is 1.29. The molecule has 1 aliphatic rings. The van der Waals surface area contributed by atoms with Gasteiger partial charge in [0.1, 0.15) is 18.1 Å². The van der Waals surface area contributed by atoms with Gasteiger partial charge < -0.3 is 10.1 Å². The quantitative estimate of drug-likeness (QED) is 0.349. The molecule has 1 N–H and O–H groups in total. The van der Waals surface area contributed by atoms with Crippen LogP contribution in [0, 0.1) is 11.3 Å². The fraction of sp³-hybridized carbons (Fsp3) is 0.367. The van der Waals surface area contributed by atoms with Crippen molar-refractivity contribution in [2.75, 3.05) is 13.1 Å². The first-order valence-electron chi connectivity index (χ1n) is 12.8. The maximum absolute atomic E-state index is 5.95. The SMILES string of the molecule is CC(C)(C)C(c1ccc(OCc2ccccn2)cc1)c1ccc(-c2cnn(C[C@@H]3CCNC3)n2)cc1. The van der Waals surface area contributed by atoms with Crippen molar-refractivity contribution in [2.45, 2.75) is 46.3 Å². The van der Waals surface area contributed by atoms with E-state index in [4.69, 9.17) is 9.84 Å². The summed E-state index contributed by atoms with van der Waals surface area (Å²) < 4.78 is 5.95. The second kappa shape index (κ2) is 10.6. The Morgan fingerprint density at radius 1 is 1.00 bits per heavy atom. The van der Waals surface area contributed by atoms with E-state index in [9.17, 15) is 0 Å². The fourth-order valence-electron chi connectivity index (χ4n) is 5.05. The summed E-state index contributed by atoms with van der Waals surface area (Å²) in [5.74, 6) is 1.72. The Bertz CT molecular complexity index is 1240. The molecule has 0 amide bonds. The minimum absolute atomic E-state index is 0.0519. The van der Waals surface area contributed by atoms with E-state index in [1.54, 1.807) is 6.20 Å². The van der Waals surface area contributed by atoms with Crippen LogP contribution in [0.4, 0.5) is 0 Å². The van der Waals surface area contributed by atoms with Crippen molar-refractivity contribution in [2.24, 2.45) is 11.3 Å². The van der Waals surface area contributed by atoms with Crippen LogP contribution in [0.1, 0.15) is 49.9 Å². The van der Waals surface area contributed by atoms with Gasteiger partial charge in [0, 0.05) is 17.7 Å². The number of hydrogen-bond acceptors (Lipinski definition) is 5. The summed E-state index contributed by atoms with van der Waals surface area (Å²) >= 11 is 0. The normalized spacial score (nSPS) is 16.7. The zero-order valence-corrected chi connectivity index (χ0v) is 21.4. The molecule has 1 unspecified atom stereocenters. The molecular weight excluding hydrogens is 446 g/mol. The number of rotatable bonds is 8. The van der Waals surface area contributed by atoms with Gasteiger partial charge in [0.2, 0.25) is 0 Å². The van der Waals surface area contributed by atoms with E-state index in [1.165, 1.54) is 17.5 Å². The Hall–Kier alpha value is -3.51. The third kappa shape index (κ3) is 5.82. The van der Waals surface area contributed by atoms with Crippen molar-refractivity contribution in [1.82, 2.24) is 25.3 Å². The summed E-state index contributed by atoms with van der Waals surface area (Å²) in [7, 11) is 0. The summed E-state index contributed by atoms with van der Waals surface area (Å²) in [5, 5.41) is 12.6. The van der Waals surface area contributed by atoms with Gasteiger partial charge in [-0.25, -0.2) is 0 Å². The maximum Gasteiger partial charge on any atom is 0.130 e. The molecule has 3 heterocycles.